The fraction of sp³-hybridized carbons (Fsp3) is 0.538. The lowest BCUT2D eigenvalue weighted by Gasteiger charge is -2.16. The van der Waals surface area contributed by atoms with Crippen LogP contribution in [0.15, 0.2) is 18.2 Å². The van der Waals surface area contributed by atoms with Crippen LogP contribution in [-0.4, -0.2) is 34.9 Å². The van der Waals surface area contributed by atoms with Gasteiger partial charge in [-0.15, -0.1) is 0 Å². The number of hydrogen-bond donors (Lipinski definition) is 1. The molecular weight excluding hydrogens is 270 g/mol. The van der Waals surface area contributed by atoms with Crippen LogP contribution in [0.5, 0.6) is 5.75 Å². The van der Waals surface area contributed by atoms with Gasteiger partial charge in [0.1, 0.15) is 11.9 Å². The zero-order valence-corrected chi connectivity index (χ0v) is 12.2. The second-order valence-corrected chi connectivity index (χ2v) is 6.66. The van der Waals surface area contributed by atoms with Gasteiger partial charge in [0.05, 0.1) is 0 Å². The van der Waals surface area contributed by atoms with Crippen molar-refractivity contribution in [1.29, 1.82) is 0 Å². The first-order valence-corrected chi connectivity index (χ1v) is 8.13. The van der Waals surface area contributed by atoms with Crippen LogP contribution in [0.1, 0.15) is 12.5 Å². The van der Waals surface area contributed by atoms with Gasteiger partial charge in [-0.25, -0.2) is 0 Å². The zero-order chi connectivity index (χ0) is 13.1. The van der Waals surface area contributed by atoms with Gasteiger partial charge in [0.15, 0.2) is 0 Å². The molecule has 1 aliphatic heterocycles. The summed E-state index contributed by atoms with van der Waals surface area (Å²) in [7, 11) is -0.762. The fourth-order valence-corrected chi connectivity index (χ4v) is 3.16. The highest BCUT2D eigenvalue weighted by atomic mass is 35.5. The van der Waals surface area contributed by atoms with Crippen molar-refractivity contribution >= 4 is 22.4 Å². The molecule has 3 unspecified atom stereocenters. The molecule has 5 heteroatoms. The molecule has 3 atom stereocenters. The summed E-state index contributed by atoms with van der Waals surface area (Å²) >= 11 is 5.95. The minimum atomic E-state index is -0.762. The SMILES string of the molecule is CC(CS(C)=O)NCC1Cc2cc(Cl)ccc2O1. The van der Waals surface area contributed by atoms with Gasteiger partial charge in [-0.2, -0.15) is 0 Å². The Morgan fingerprint density at radius 1 is 1.61 bits per heavy atom. The highest BCUT2D eigenvalue weighted by Crippen LogP contribution is 2.30. The number of hydrogen-bond acceptors (Lipinski definition) is 3. The molecule has 100 valence electrons. The summed E-state index contributed by atoms with van der Waals surface area (Å²) in [5.74, 6) is 1.60. The zero-order valence-electron chi connectivity index (χ0n) is 10.6. The van der Waals surface area contributed by atoms with E-state index in [9.17, 15) is 4.21 Å². The summed E-state index contributed by atoms with van der Waals surface area (Å²) in [5, 5.41) is 4.10. The van der Waals surface area contributed by atoms with Crippen molar-refractivity contribution in [2.24, 2.45) is 0 Å². The summed E-state index contributed by atoms with van der Waals surface area (Å²) in [5.41, 5.74) is 1.17. The van der Waals surface area contributed by atoms with Gasteiger partial charge in [0, 0.05) is 46.8 Å². The average Bonchev–Trinajstić information content (AvgIpc) is 2.67. The van der Waals surface area contributed by atoms with Crippen molar-refractivity contribution in [3.8, 4) is 5.75 Å². The van der Waals surface area contributed by atoms with Crippen LogP contribution < -0.4 is 10.1 Å². The quantitative estimate of drug-likeness (QED) is 0.900. The summed E-state index contributed by atoms with van der Waals surface area (Å²) in [6.45, 7) is 2.81. The molecule has 0 amide bonds. The van der Waals surface area contributed by atoms with E-state index in [0.717, 1.165) is 23.7 Å². The molecule has 0 spiro atoms. The maximum atomic E-state index is 11.1. The van der Waals surface area contributed by atoms with Crippen molar-refractivity contribution in [1.82, 2.24) is 5.32 Å². The number of fused-ring (bicyclic) bond motifs is 1. The van der Waals surface area contributed by atoms with E-state index in [4.69, 9.17) is 16.3 Å². The average molecular weight is 288 g/mol. The Morgan fingerprint density at radius 3 is 3.11 bits per heavy atom. The molecule has 1 N–H and O–H groups in total. The van der Waals surface area contributed by atoms with Crippen LogP contribution in [0.2, 0.25) is 5.02 Å². The second-order valence-electron chi connectivity index (χ2n) is 4.75. The van der Waals surface area contributed by atoms with Crippen LogP contribution in [-0.2, 0) is 17.2 Å². The maximum Gasteiger partial charge on any atom is 0.123 e. The first kappa shape index (κ1) is 13.8. The lowest BCUT2D eigenvalue weighted by Crippen LogP contribution is -2.38. The van der Waals surface area contributed by atoms with Gasteiger partial charge in [-0.3, -0.25) is 4.21 Å². The predicted octanol–water partition coefficient (Wildman–Crippen LogP) is 2.00. The van der Waals surface area contributed by atoms with Crippen LogP contribution in [0.25, 0.3) is 0 Å². The molecule has 2 rings (SSSR count). The van der Waals surface area contributed by atoms with Crippen LogP contribution in [0.3, 0.4) is 0 Å². The summed E-state index contributed by atoms with van der Waals surface area (Å²) < 4.78 is 16.9. The third-order valence-electron chi connectivity index (χ3n) is 2.94. The van der Waals surface area contributed by atoms with E-state index in [1.54, 1.807) is 6.26 Å². The van der Waals surface area contributed by atoms with Gasteiger partial charge in [0.25, 0.3) is 0 Å². The molecule has 0 fully saturated rings. The second kappa shape index (κ2) is 6.04. The molecule has 1 aliphatic rings. The van der Waals surface area contributed by atoms with Crippen LogP contribution in [0.4, 0.5) is 0 Å². The standard InChI is InChI=1S/C13H18ClNO2S/c1-9(8-18(2)16)15-7-12-6-10-5-11(14)3-4-13(10)17-12/h3-5,9,12,15H,6-8H2,1-2H3. The van der Waals surface area contributed by atoms with Crippen LogP contribution >= 0.6 is 11.6 Å². The number of ether oxygens (including phenoxy) is 1. The van der Waals surface area contributed by atoms with Crippen molar-refractivity contribution in [2.75, 3.05) is 18.6 Å². The Balaban J connectivity index is 1.83. The van der Waals surface area contributed by atoms with Crippen molar-refractivity contribution in [3.63, 3.8) is 0 Å². The van der Waals surface area contributed by atoms with E-state index < -0.39 is 10.8 Å². The Kier molecular flexibility index (Phi) is 4.65. The van der Waals surface area contributed by atoms with Gasteiger partial charge in [-0.1, -0.05) is 11.6 Å². The monoisotopic (exact) mass is 287 g/mol. The number of benzene rings is 1. The molecule has 1 aromatic rings. The minimum Gasteiger partial charge on any atom is -0.488 e. The van der Waals surface area contributed by atoms with Crippen LogP contribution in [0, 0.1) is 0 Å². The Labute approximate surface area is 115 Å². The largest absolute Gasteiger partial charge is 0.488 e. The highest BCUT2D eigenvalue weighted by molar-refractivity contribution is 7.84. The third kappa shape index (κ3) is 3.70. The van der Waals surface area contributed by atoms with E-state index >= 15 is 0 Å². The van der Waals surface area contributed by atoms with Crippen molar-refractivity contribution in [3.05, 3.63) is 28.8 Å². The van der Waals surface area contributed by atoms with E-state index in [0.29, 0.717) is 5.75 Å². The summed E-state index contributed by atoms with van der Waals surface area (Å²) in [6.07, 6.45) is 2.75. The normalized spacial score (nSPS) is 21.2. The lowest BCUT2D eigenvalue weighted by molar-refractivity contribution is 0.224. The van der Waals surface area contributed by atoms with E-state index in [1.807, 2.05) is 25.1 Å². The highest BCUT2D eigenvalue weighted by Gasteiger charge is 2.23. The fourth-order valence-electron chi connectivity index (χ4n) is 2.15. The predicted molar refractivity (Wildman–Crippen MR) is 76.0 cm³/mol. The minimum absolute atomic E-state index is 0.145. The number of rotatable bonds is 5. The van der Waals surface area contributed by atoms with E-state index in [1.165, 1.54) is 5.56 Å². The lowest BCUT2D eigenvalue weighted by atomic mass is 10.1. The van der Waals surface area contributed by atoms with Crippen molar-refractivity contribution in [2.45, 2.75) is 25.5 Å². The number of nitrogens with one attached hydrogen (secondary N) is 1. The summed E-state index contributed by atoms with van der Waals surface area (Å²) in [4.78, 5) is 0. The maximum absolute atomic E-state index is 11.1. The van der Waals surface area contributed by atoms with Crippen molar-refractivity contribution < 1.29 is 8.95 Å². The molecule has 18 heavy (non-hydrogen) atoms. The molecule has 1 aromatic carbocycles. The van der Waals surface area contributed by atoms with Gasteiger partial charge < -0.3 is 10.1 Å². The Hall–Kier alpha value is -0.580. The molecule has 0 radical (unpaired) electrons. The van der Waals surface area contributed by atoms with Gasteiger partial charge in [-0.05, 0) is 30.7 Å². The Morgan fingerprint density at radius 2 is 2.39 bits per heavy atom. The van der Waals surface area contributed by atoms with Gasteiger partial charge >= 0.3 is 0 Å². The molecule has 3 nitrogen and oxygen atoms in total. The smallest absolute Gasteiger partial charge is 0.123 e. The molecule has 0 saturated heterocycles. The first-order valence-electron chi connectivity index (χ1n) is 6.03. The molecule has 0 bridgehead atoms. The molecular formula is C13H18ClNO2S. The van der Waals surface area contributed by atoms with Gasteiger partial charge in [0.2, 0.25) is 0 Å². The molecule has 1 heterocycles. The van der Waals surface area contributed by atoms with E-state index in [-0.39, 0.29) is 12.1 Å². The molecule has 0 saturated carbocycles. The number of halogens is 1. The summed E-state index contributed by atoms with van der Waals surface area (Å²) in [6, 6.07) is 5.97. The third-order valence-corrected chi connectivity index (χ3v) is 4.15. The Bertz CT molecular complexity index is 453. The first-order chi connectivity index (χ1) is 8.54. The molecule has 0 aromatic heterocycles. The van der Waals surface area contributed by atoms with E-state index in [2.05, 4.69) is 5.32 Å². The molecule has 0 aliphatic carbocycles. The topological polar surface area (TPSA) is 38.3 Å².